The number of aliphatic hydroxyl groups is 4. The van der Waals surface area contributed by atoms with Gasteiger partial charge in [0.25, 0.3) is 0 Å². The highest BCUT2D eigenvalue weighted by Gasteiger charge is 2.63. The van der Waals surface area contributed by atoms with E-state index in [-0.39, 0.29) is 37.4 Å². The number of epoxide rings is 1. The Bertz CT molecular complexity index is 956. The number of fused-ring (bicyclic) bond motifs is 1. The second kappa shape index (κ2) is 14.1. The van der Waals surface area contributed by atoms with Crippen molar-refractivity contribution in [2.75, 3.05) is 20.7 Å². The maximum absolute atomic E-state index is 13.2. The van der Waals surface area contributed by atoms with Crippen molar-refractivity contribution in [2.24, 2.45) is 17.8 Å². The van der Waals surface area contributed by atoms with Crippen LogP contribution in [-0.4, -0.2) is 118 Å². The number of hydrogen-bond acceptors (Lipinski definition) is 11. The Hall–Kier alpha value is -1.44. The van der Waals surface area contributed by atoms with Crippen LogP contribution in [0.2, 0.25) is 0 Å². The minimum Gasteiger partial charge on any atom is -0.459 e. The number of likely N-dealkylation sites (N-methyl/N-ethyl adjacent to an activating group) is 1. The van der Waals surface area contributed by atoms with Crippen LogP contribution >= 0.6 is 0 Å². The van der Waals surface area contributed by atoms with E-state index < -0.39 is 71.7 Å². The van der Waals surface area contributed by atoms with Gasteiger partial charge in [-0.15, -0.1) is 0 Å². The van der Waals surface area contributed by atoms with Gasteiger partial charge in [-0.25, -0.2) is 0 Å². The Balaban J connectivity index is 1.97. The van der Waals surface area contributed by atoms with Crippen molar-refractivity contribution in [1.82, 2.24) is 4.90 Å². The van der Waals surface area contributed by atoms with Crippen molar-refractivity contribution in [3.63, 3.8) is 0 Å². The highest BCUT2D eigenvalue weighted by molar-refractivity contribution is 5.91. The fourth-order valence-electron chi connectivity index (χ4n) is 6.65. The molecule has 42 heavy (non-hydrogen) atoms. The van der Waals surface area contributed by atoms with Gasteiger partial charge in [0, 0.05) is 24.5 Å². The Kier molecular flexibility index (Phi) is 11.8. The molecule has 0 amide bonds. The van der Waals surface area contributed by atoms with Gasteiger partial charge in [0.05, 0.1) is 24.7 Å². The highest BCUT2D eigenvalue weighted by atomic mass is 16.7. The van der Waals surface area contributed by atoms with Gasteiger partial charge < -0.3 is 44.3 Å². The average Bonchev–Trinajstić information content (AvgIpc) is 3.61. The highest BCUT2D eigenvalue weighted by Crippen LogP contribution is 2.47. The van der Waals surface area contributed by atoms with Crippen LogP contribution in [-0.2, 0) is 28.5 Å². The zero-order chi connectivity index (χ0) is 31.6. The van der Waals surface area contributed by atoms with Crippen molar-refractivity contribution >= 4 is 11.8 Å². The van der Waals surface area contributed by atoms with Gasteiger partial charge in [0.15, 0.2) is 12.1 Å². The van der Waals surface area contributed by atoms with Gasteiger partial charge >= 0.3 is 5.97 Å². The quantitative estimate of drug-likeness (QED) is 0.259. The molecule has 2 fully saturated rings. The molecule has 0 radical (unpaired) electrons. The summed E-state index contributed by atoms with van der Waals surface area (Å²) >= 11 is 0. The zero-order valence-electron chi connectivity index (χ0n) is 26.4. The van der Waals surface area contributed by atoms with E-state index >= 15 is 0 Å². The Morgan fingerprint density at radius 1 is 1.12 bits per heavy atom. The van der Waals surface area contributed by atoms with Crippen LogP contribution in [0.25, 0.3) is 0 Å². The standard InChI is InChI=1S/C31H53NO10/c1-9-24-31(6,38)29-30(5,42-29)12-10-22(34)17(2)14-20(11-13-33)27(19(4)23(35)16-25(36)40-24)41-28-26(37)21(32(7)8)15-18(3)39-28/h10,12,17-21,23-24,26-29,33,35,37-38H,9,11,13-16H2,1-8H3/b12-10+/t17-,18-,19+,20+,21+,23-,24-,26-,27-,28+,29-,30+,31-/m1/s1. The number of carbonyl (C=O) groups is 2. The Morgan fingerprint density at radius 3 is 2.38 bits per heavy atom. The first-order valence-electron chi connectivity index (χ1n) is 15.3. The van der Waals surface area contributed by atoms with Gasteiger partial charge in [-0.1, -0.05) is 20.8 Å². The van der Waals surface area contributed by atoms with E-state index in [4.69, 9.17) is 18.9 Å². The van der Waals surface area contributed by atoms with Gasteiger partial charge in [-0.05, 0) is 78.6 Å². The monoisotopic (exact) mass is 599 g/mol. The van der Waals surface area contributed by atoms with E-state index in [2.05, 4.69) is 0 Å². The number of rotatable bonds is 6. The second-order valence-electron chi connectivity index (χ2n) is 13.2. The summed E-state index contributed by atoms with van der Waals surface area (Å²) < 4.78 is 24.0. The number of ether oxygens (including phenoxy) is 4. The molecule has 0 bridgehead atoms. The molecule has 13 atom stereocenters. The fourth-order valence-corrected chi connectivity index (χ4v) is 6.65. The molecule has 0 saturated carbocycles. The summed E-state index contributed by atoms with van der Waals surface area (Å²) in [4.78, 5) is 28.2. The molecule has 0 unspecified atom stereocenters. The molecular weight excluding hydrogens is 546 g/mol. The lowest BCUT2D eigenvalue weighted by Gasteiger charge is -2.44. The number of carbonyl (C=O) groups excluding carboxylic acids is 2. The van der Waals surface area contributed by atoms with Crippen LogP contribution in [0.4, 0.5) is 0 Å². The summed E-state index contributed by atoms with van der Waals surface area (Å²) in [6, 6.07) is -0.226. The summed E-state index contributed by atoms with van der Waals surface area (Å²) in [7, 11) is 3.75. The largest absolute Gasteiger partial charge is 0.459 e. The molecule has 0 aromatic rings. The van der Waals surface area contributed by atoms with E-state index in [0.29, 0.717) is 19.3 Å². The minimum absolute atomic E-state index is 0.152. The number of aliphatic hydroxyl groups excluding tert-OH is 3. The van der Waals surface area contributed by atoms with Crippen LogP contribution < -0.4 is 0 Å². The lowest BCUT2D eigenvalue weighted by molar-refractivity contribution is -0.283. The van der Waals surface area contributed by atoms with Crippen LogP contribution in [0, 0.1) is 17.8 Å². The van der Waals surface area contributed by atoms with Gasteiger partial charge in [0.2, 0.25) is 0 Å². The zero-order valence-corrected chi connectivity index (χ0v) is 26.4. The summed E-state index contributed by atoms with van der Waals surface area (Å²) in [6.45, 7) is 10.3. The van der Waals surface area contributed by atoms with E-state index in [9.17, 15) is 30.0 Å². The predicted molar refractivity (Wildman–Crippen MR) is 154 cm³/mol. The molecule has 242 valence electrons. The summed E-state index contributed by atoms with van der Waals surface area (Å²) in [5, 5.41) is 43.8. The number of nitrogens with zero attached hydrogens (tertiary/aromatic N) is 1. The molecule has 0 aromatic carbocycles. The van der Waals surface area contributed by atoms with Gasteiger partial charge in [-0.3, -0.25) is 9.59 Å². The molecule has 11 heteroatoms. The van der Waals surface area contributed by atoms with E-state index in [1.807, 2.05) is 25.9 Å². The first-order chi connectivity index (χ1) is 19.5. The number of hydrogen-bond donors (Lipinski definition) is 4. The first-order valence-corrected chi connectivity index (χ1v) is 15.3. The molecular formula is C31H53NO10. The van der Waals surface area contributed by atoms with Crippen molar-refractivity contribution < 1.29 is 49.0 Å². The molecule has 0 aromatic heterocycles. The predicted octanol–water partition coefficient (Wildman–Crippen LogP) is 1.58. The lowest BCUT2D eigenvalue weighted by atomic mass is 9.79. The minimum atomic E-state index is -1.53. The van der Waals surface area contributed by atoms with Crippen molar-refractivity contribution in [3.05, 3.63) is 12.2 Å². The summed E-state index contributed by atoms with van der Waals surface area (Å²) in [5.41, 5.74) is -2.44. The van der Waals surface area contributed by atoms with Gasteiger partial charge in [0.1, 0.15) is 29.5 Å². The third kappa shape index (κ3) is 7.98. The number of ketones is 1. The van der Waals surface area contributed by atoms with Crippen molar-refractivity contribution in [2.45, 2.75) is 134 Å². The maximum atomic E-state index is 13.2. The molecule has 3 heterocycles. The number of esters is 1. The Morgan fingerprint density at radius 2 is 1.79 bits per heavy atom. The first kappa shape index (κ1) is 35.0. The van der Waals surface area contributed by atoms with Crippen molar-refractivity contribution in [1.29, 1.82) is 0 Å². The topological polar surface area (TPSA) is 159 Å². The number of allylic oxidation sites excluding steroid dienone is 1. The molecule has 3 aliphatic heterocycles. The van der Waals surface area contributed by atoms with Crippen molar-refractivity contribution in [3.8, 4) is 0 Å². The molecule has 4 N–H and O–H groups in total. The molecule has 3 aliphatic rings. The second-order valence-corrected chi connectivity index (χ2v) is 13.2. The van der Waals surface area contributed by atoms with Crippen LogP contribution in [0.1, 0.15) is 73.6 Å². The maximum Gasteiger partial charge on any atom is 0.308 e. The SMILES string of the molecule is CC[C@H]1OC(=O)C[C@@H](O)[C@H](C)[C@@H](O[C@@H]2O[C@H](C)C[C@H](N(C)C)[C@H]2O)[C@@H](CCO)C[C@@H](C)C(=O)/C=C/[C@]2(C)O[C@H]2[C@]1(C)O. The molecule has 2 saturated heterocycles. The normalized spacial score (nSPS) is 46.6. The summed E-state index contributed by atoms with van der Waals surface area (Å²) in [5.74, 6) is -2.38. The van der Waals surface area contributed by atoms with E-state index in [0.717, 1.165) is 0 Å². The molecule has 3 rings (SSSR count). The average molecular weight is 600 g/mol. The fraction of sp³-hybridized carbons (Fsp3) is 0.871. The molecule has 0 aliphatic carbocycles. The van der Waals surface area contributed by atoms with Crippen LogP contribution in [0.15, 0.2) is 12.2 Å². The lowest BCUT2D eigenvalue weighted by Crippen LogP contribution is -2.56. The third-order valence-electron chi connectivity index (χ3n) is 9.42. The van der Waals surface area contributed by atoms with E-state index in [1.54, 1.807) is 40.7 Å². The number of cyclic esters (lactones) is 1. The smallest absolute Gasteiger partial charge is 0.308 e. The van der Waals surface area contributed by atoms with Gasteiger partial charge in [-0.2, -0.15) is 0 Å². The molecule has 11 nitrogen and oxygen atoms in total. The third-order valence-corrected chi connectivity index (χ3v) is 9.42. The van der Waals surface area contributed by atoms with E-state index in [1.165, 1.54) is 6.08 Å². The molecule has 0 spiro atoms. The van der Waals surface area contributed by atoms with Crippen LogP contribution in [0.5, 0.6) is 0 Å². The van der Waals surface area contributed by atoms with Crippen LogP contribution in [0.3, 0.4) is 0 Å². The summed E-state index contributed by atoms with van der Waals surface area (Å²) in [6.07, 6.45) is -1.54. The Labute approximate surface area is 250 Å².